The summed E-state index contributed by atoms with van der Waals surface area (Å²) in [6.07, 6.45) is 0.728. The Labute approximate surface area is 83.7 Å². The zero-order chi connectivity index (χ0) is 10.4. The van der Waals surface area contributed by atoms with Gasteiger partial charge < -0.3 is 20.9 Å². The topological polar surface area (TPSA) is 67.5 Å². The monoisotopic (exact) mass is 196 g/mol. The van der Waals surface area contributed by atoms with Crippen LogP contribution in [-0.2, 0) is 0 Å². The molecule has 0 bridgehead atoms. The van der Waals surface area contributed by atoms with Crippen molar-refractivity contribution in [1.82, 2.24) is 0 Å². The van der Waals surface area contributed by atoms with Crippen LogP contribution in [0.4, 0.5) is 11.4 Å². The molecule has 1 aromatic rings. The summed E-state index contributed by atoms with van der Waals surface area (Å²) in [5.74, 6) is 0.678. The highest BCUT2D eigenvalue weighted by atomic mass is 16.5. The first kappa shape index (κ1) is 10.7. The Morgan fingerprint density at radius 1 is 1.50 bits per heavy atom. The van der Waals surface area contributed by atoms with Crippen LogP contribution >= 0.6 is 0 Å². The predicted molar refractivity (Wildman–Crippen MR) is 57.6 cm³/mol. The zero-order valence-electron chi connectivity index (χ0n) is 8.29. The van der Waals surface area contributed by atoms with E-state index >= 15 is 0 Å². The Morgan fingerprint density at radius 2 is 2.29 bits per heavy atom. The van der Waals surface area contributed by atoms with E-state index in [2.05, 4.69) is 5.32 Å². The molecule has 0 atom stereocenters. The van der Waals surface area contributed by atoms with Gasteiger partial charge in [-0.2, -0.15) is 0 Å². The van der Waals surface area contributed by atoms with Crippen molar-refractivity contribution in [2.75, 3.05) is 31.3 Å². The van der Waals surface area contributed by atoms with Crippen LogP contribution in [0.3, 0.4) is 0 Å². The molecule has 0 saturated heterocycles. The Balaban J connectivity index is 2.57. The summed E-state index contributed by atoms with van der Waals surface area (Å²) >= 11 is 0. The SMILES string of the molecule is COc1ccc(NCCCO)cc1N. The molecule has 0 unspecified atom stereocenters. The van der Waals surface area contributed by atoms with E-state index in [1.54, 1.807) is 7.11 Å². The van der Waals surface area contributed by atoms with Gasteiger partial charge in [-0.1, -0.05) is 0 Å². The number of ether oxygens (including phenoxy) is 1. The van der Waals surface area contributed by atoms with E-state index in [1.165, 1.54) is 0 Å². The summed E-state index contributed by atoms with van der Waals surface area (Å²) in [6.45, 7) is 0.931. The number of nitrogen functional groups attached to an aromatic ring is 1. The van der Waals surface area contributed by atoms with E-state index in [9.17, 15) is 0 Å². The molecule has 14 heavy (non-hydrogen) atoms. The Bertz CT molecular complexity index is 289. The highest BCUT2D eigenvalue weighted by Crippen LogP contribution is 2.24. The molecule has 4 heteroatoms. The number of aliphatic hydroxyl groups is 1. The van der Waals surface area contributed by atoms with Crippen LogP contribution in [0, 0.1) is 0 Å². The summed E-state index contributed by atoms with van der Waals surface area (Å²) in [5, 5.41) is 11.7. The lowest BCUT2D eigenvalue weighted by Gasteiger charge is -2.08. The summed E-state index contributed by atoms with van der Waals surface area (Å²) < 4.78 is 5.03. The van der Waals surface area contributed by atoms with Gasteiger partial charge in [0.05, 0.1) is 12.8 Å². The van der Waals surface area contributed by atoms with Crippen LogP contribution < -0.4 is 15.8 Å². The molecule has 0 amide bonds. The standard InChI is InChI=1S/C10H16N2O2/c1-14-10-4-3-8(7-9(10)11)12-5-2-6-13/h3-4,7,12-13H,2,5-6,11H2,1H3. The van der Waals surface area contributed by atoms with Crippen LogP contribution in [-0.4, -0.2) is 25.4 Å². The van der Waals surface area contributed by atoms with Crippen molar-refractivity contribution in [2.45, 2.75) is 6.42 Å². The number of benzene rings is 1. The third-order valence-electron chi connectivity index (χ3n) is 1.89. The van der Waals surface area contributed by atoms with Crippen molar-refractivity contribution < 1.29 is 9.84 Å². The molecule has 1 aromatic carbocycles. The van der Waals surface area contributed by atoms with Crippen LogP contribution in [0.1, 0.15) is 6.42 Å². The van der Waals surface area contributed by atoms with Crippen molar-refractivity contribution in [3.8, 4) is 5.75 Å². The van der Waals surface area contributed by atoms with E-state index in [-0.39, 0.29) is 6.61 Å². The summed E-state index contributed by atoms with van der Waals surface area (Å²) in [4.78, 5) is 0. The molecule has 0 spiro atoms. The van der Waals surface area contributed by atoms with E-state index in [4.69, 9.17) is 15.6 Å². The molecule has 0 heterocycles. The summed E-state index contributed by atoms with van der Waals surface area (Å²) in [6, 6.07) is 5.53. The fraction of sp³-hybridized carbons (Fsp3) is 0.400. The van der Waals surface area contributed by atoms with E-state index in [0.29, 0.717) is 11.4 Å². The molecule has 0 aliphatic rings. The van der Waals surface area contributed by atoms with Gasteiger partial charge in [-0.25, -0.2) is 0 Å². The Hall–Kier alpha value is -1.42. The van der Waals surface area contributed by atoms with Crippen LogP contribution in [0.15, 0.2) is 18.2 Å². The number of hydrogen-bond acceptors (Lipinski definition) is 4. The van der Waals surface area contributed by atoms with Crippen molar-refractivity contribution >= 4 is 11.4 Å². The molecule has 0 radical (unpaired) electrons. The number of nitrogens with two attached hydrogens (primary N) is 1. The second-order valence-electron chi connectivity index (χ2n) is 2.96. The lowest BCUT2D eigenvalue weighted by molar-refractivity contribution is 0.292. The van der Waals surface area contributed by atoms with Crippen LogP contribution in [0.5, 0.6) is 5.75 Å². The summed E-state index contributed by atoms with van der Waals surface area (Å²) in [5.41, 5.74) is 7.28. The molecule has 1 rings (SSSR count). The van der Waals surface area contributed by atoms with E-state index in [1.807, 2.05) is 18.2 Å². The molecule has 0 fully saturated rings. The minimum atomic E-state index is 0.193. The molecule has 0 aromatic heterocycles. The van der Waals surface area contributed by atoms with E-state index < -0.39 is 0 Å². The predicted octanol–water partition coefficient (Wildman–Crippen LogP) is 1.07. The van der Waals surface area contributed by atoms with Gasteiger partial charge in [-0.15, -0.1) is 0 Å². The zero-order valence-corrected chi connectivity index (χ0v) is 8.29. The molecule has 0 saturated carbocycles. The molecule has 0 aliphatic carbocycles. The molecule has 0 aliphatic heterocycles. The highest BCUT2D eigenvalue weighted by molar-refractivity contribution is 5.62. The van der Waals surface area contributed by atoms with Crippen molar-refractivity contribution in [3.63, 3.8) is 0 Å². The van der Waals surface area contributed by atoms with Crippen LogP contribution in [0.2, 0.25) is 0 Å². The molecule has 4 nitrogen and oxygen atoms in total. The number of rotatable bonds is 5. The second kappa shape index (κ2) is 5.34. The molecule has 78 valence electrons. The van der Waals surface area contributed by atoms with Gasteiger partial charge >= 0.3 is 0 Å². The lowest BCUT2D eigenvalue weighted by atomic mass is 10.2. The third kappa shape index (κ3) is 2.81. The van der Waals surface area contributed by atoms with Gasteiger partial charge in [-0.3, -0.25) is 0 Å². The maximum absolute atomic E-state index is 8.60. The largest absolute Gasteiger partial charge is 0.495 e. The Morgan fingerprint density at radius 3 is 2.86 bits per heavy atom. The first-order valence-corrected chi connectivity index (χ1v) is 4.56. The van der Waals surface area contributed by atoms with Crippen molar-refractivity contribution in [2.24, 2.45) is 0 Å². The number of hydrogen-bond donors (Lipinski definition) is 3. The van der Waals surface area contributed by atoms with Gasteiger partial charge in [0.2, 0.25) is 0 Å². The van der Waals surface area contributed by atoms with Gasteiger partial charge in [0.25, 0.3) is 0 Å². The highest BCUT2D eigenvalue weighted by Gasteiger charge is 1.99. The number of nitrogens with one attached hydrogen (secondary N) is 1. The second-order valence-corrected chi connectivity index (χ2v) is 2.96. The number of methoxy groups -OCH3 is 1. The fourth-order valence-electron chi connectivity index (χ4n) is 1.16. The quantitative estimate of drug-likeness (QED) is 0.487. The number of anilines is 2. The molecular formula is C10H16N2O2. The first-order chi connectivity index (χ1) is 6.77. The minimum absolute atomic E-state index is 0.193. The smallest absolute Gasteiger partial charge is 0.141 e. The van der Waals surface area contributed by atoms with Crippen molar-refractivity contribution in [3.05, 3.63) is 18.2 Å². The number of aliphatic hydroxyl groups excluding tert-OH is 1. The van der Waals surface area contributed by atoms with E-state index in [0.717, 1.165) is 18.7 Å². The Kier molecular flexibility index (Phi) is 4.07. The van der Waals surface area contributed by atoms with Gasteiger partial charge in [-0.05, 0) is 24.6 Å². The average molecular weight is 196 g/mol. The molecular weight excluding hydrogens is 180 g/mol. The lowest BCUT2D eigenvalue weighted by Crippen LogP contribution is -2.04. The van der Waals surface area contributed by atoms with Gasteiger partial charge in [0, 0.05) is 18.8 Å². The summed E-state index contributed by atoms with van der Waals surface area (Å²) in [7, 11) is 1.59. The normalized spacial score (nSPS) is 9.86. The van der Waals surface area contributed by atoms with Crippen LogP contribution in [0.25, 0.3) is 0 Å². The maximum atomic E-state index is 8.60. The van der Waals surface area contributed by atoms with Crippen molar-refractivity contribution in [1.29, 1.82) is 0 Å². The fourth-order valence-corrected chi connectivity index (χ4v) is 1.16. The molecule has 4 N–H and O–H groups in total. The average Bonchev–Trinajstić information content (AvgIpc) is 2.18. The maximum Gasteiger partial charge on any atom is 0.141 e. The first-order valence-electron chi connectivity index (χ1n) is 4.56. The van der Waals surface area contributed by atoms with Gasteiger partial charge in [0.15, 0.2) is 0 Å². The van der Waals surface area contributed by atoms with Gasteiger partial charge in [0.1, 0.15) is 5.75 Å². The third-order valence-corrected chi connectivity index (χ3v) is 1.89. The minimum Gasteiger partial charge on any atom is -0.495 e.